The number of esters is 1. The molecule has 1 heterocycles. The van der Waals surface area contributed by atoms with Crippen LogP contribution in [-0.4, -0.2) is 18.1 Å². The molecule has 1 aromatic heterocycles. The lowest BCUT2D eigenvalue weighted by molar-refractivity contribution is 0.0718. The third-order valence-corrected chi connectivity index (χ3v) is 2.39. The van der Waals surface area contributed by atoms with Gasteiger partial charge in [0.1, 0.15) is 0 Å². The van der Waals surface area contributed by atoms with Gasteiger partial charge in [-0.3, -0.25) is 9.37 Å². The van der Waals surface area contributed by atoms with Crippen LogP contribution in [0.5, 0.6) is 5.75 Å². The predicted octanol–water partition coefficient (Wildman–Crippen LogP) is 3.61. The summed E-state index contributed by atoms with van der Waals surface area (Å²) in [4.78, 5) is 15.3. The molecule has 0 aliphatic carbocycles. The maximum atomic E-state index is 13.6. The maximum Gasteiger partial charge on any atom is 0.345 e. The van der Waals surface area contributed by atoms with Crippen molar-refractivity contribution in [1.82, 2.24) is 4.98 Å². The number of aryl methyl sites for hydroxylation is 1. The summed E-state index contributed by atoms with van der Waals surface area (Å²) in [6.45, 7) is 1.24. The van der Waals surface area contributed by atoms with Crippen molar-refractivity contribution in [1.29, 1.82) is 0 Å². The van der Waals surface area contributed by atoms with Crippen LogP contribution in [0.2, 0.25) is 0 Å². The second-order valence-electron chi connectivity index (χ2n) is 3.76. The van der Waals surface area contributed by atoms with E-state index in [0.29, 0.717) is 13.2 Å². The highest BCUT2D eigenvalue weighted by Gasteiger charge is 2.21. The molecule has 7 heteroatoms. The molecule has 1 aromatic carbocycles. The fourth-order valence-corrected chi connectivity index (χ4v) is 1.43. The van der Waals surface area contributed by atoms with Crippen molar-refractivity contribution in [3.63, 3.8) is 0 Å². The number of rotatable bonds is 2. The molecule has 0 fully saturated rings. The van der Waals surface area contributed by atoms with Gasteiger partial charge in [0.05, 0.1) is 12.7 Å². The van der Waals surface area contributed by atoms with E-state index in [1.165, 1.54) is 31.5 Å². The molecular formula is C14H11F4NO2. The van der Waals surface area contributed by atoms with Crippen LogP contribution in [0.25, 0.3) is 0 Å². The summed E-state index contributed by atoms with van der Waals surface area (Å²) in [5.74, 6) is -6.01. The van der Waals surface area contributed by atoms with Crippen molar-refractivity contribution in [3.05, 3.63) is 59.2 Å². The second kappa shape index (κ2) is 7.37. The lowest BCUT2D eigenvalue weighted by atomic mass is 10.2. The standard InChI is InChI=1S/C13H8F3NO2.CH3F/c1-7-5-9(14)11(16)12(10(7)15)19-13(18)8-3-2-4-17-6-8;1-2/h2-6H,1H3;1H3/i;2-1. The number of hydrogen-bond acceptors (Lipinski definition) is 3. The van der Waals surface area contributed by atoms with Gasteiger partial charge in [-0.25, -0.2) is 13.6 Å². The number of ether oxygens (including phenoxy) is 1. The van der Waals surface area contributed by atoms with E-state index < -0.39 is 29.2 Å². The van der Waals surface area contributed by atoms with Crippen molar-refractivity contribution in [2.24, 2.45) is 0 Å². The van der Waals surface area contributed by atoms with E-state index in [2.05, 4.69) is 9.72 Å². The van der Waals surface area contributed by atoms with Crippen LogP contribution < -0.4 is 4.74 Å². The number of alkyl halides is 1. The third-order valence-electron chi connectivity index (χ3n) is 2.39. The number of halogens is 4. The molecule has 0 N–H and O–H groups in total. The van der Waals surface area contributed by atoms with E-state index in [-0.39, 0.29) is 11.1 Å². The first-order valence-corrected chi connectivity index (χ1v) is 5.65. The van der Waals surface area contributed by atoms with Gasteiger partial charge < -0.3 is 4.74 Å². The molecule has 0 amide bonds. The Hall–Kier alpha value is -2.44. The van der Waals surface area contributed by atoms with E-state index in [4.69, 9.17) is 0 Å². The van der Waals surface area contributed by atoms with Crippen LogP contribution >= 0.6 is 0 Å². The highest BCUT2D eigenvalue weighted by molar-refractivity contribution is 5.90. The van der Waals surface area contributed by atoms with E-state index in [0.717, 1.165) is 0 Å². The van der Waals surface area contributed by atoms with Crippen molar-refractivity contribution < 1.29 is 27.1 Å². The van der Waals surface area contributed by atoms with Crippen LogP contribution in [0.4, 0.5) is 17.6 Å². The molecule has 0 bridgehead atoms. The number of nitrogens with zero attached hydrogens (tertiary/aromatic N) is 1. The van der Waals surface area contributed by atoms with Gasteiger partial charge in [0, 0.05) is 12.4 Å². The largest absolute Gasteiger partial charge is 0.416 e. The average molecular weight is 300 g/mol. The SMILES string of the molecule is C[18F].Cc1cc(F)c(F)c(OC(=O)c2cccnc2)c1F. The van der Waals surface area contributed by atoms with Crippen molar-refractivity contribution in [2.45, 2.75) is 6.92 Å². The van der Waals surface area contributed by atoms with Crippen LogP contribution in [0, 0.1) is 24.4 Å². The van der Waals surface area contributed by atoms with E-state index >= 15 is 0 Å². The lowest BCUT2D eigenvalue weighted by Crippen LogP contribution is -2.12. The molecule has 2 aromatic rings. The van der Waals surface area contributed by atoms with Crippen molar-refractivity contribution in [2.75, 3.05) is 7.18 Å². The predicted molar refractivity (Wildman–Crippen MR) is 67.3 cm³/mol. The van der Waals surface area contributed by atoms with Crippen LogP contribution in [0.15, 0.2) is 30.6 Å². The first kappa shape index (κ1) is 16.6. The summed E-state index contributed by atoms with van der Waals surface area (Å²) >= 11 is 0. The Balaban J connectivity index is 0.00000106. The van der Waals surface area contributed by atoms with Crippen molar-refractivity contribution in [3.8, 4) is 5.75 Å². The normalized spacial score (nSPS) is 9.62. The molecule has 0 unspecified atom stereocenters. The van der Waals surface area contributed by atoms with Gasteiger partial charge in [-0.15, -0.1) is 0 Å². The second-order valence-corrected chi connectivity index (χ2v) is 3.76. The van der Waals surface area contributed by atoms with Gasteiger partial charge in [0.2, 0.25) is 11.6 Å². The molecule has 3 nitrogen and oxygen atoms in total. The molecule has 0 radical (unpaired) electrons. The van der Waals surface area contributed by atoms with Crippen LogP contribution in [-0.2, 0) is 0 Å². The fraction of sp³-hybridized carbons (Fsp3) is 0.143. The first-order valence-electron chi connectivity index (χ1n) is 5.65. The number of hydrogen-bond donors (Lipinski definition) is 0. The smallest absolute Gasteiger partial charge is 0.345 e. The zero-order chi connectivity index (χ0) is 16.0. The van der Waals surface area contributed by atoms with Gasteiger partial charge in [-0.1, -0.05) is 0 Å². The zero-order valence-electron chi connectivity index (χ0n) is 11.2. The van der Waals surface area contributed by atoms with E-state index in [1.807, 2.05) is 0 Å². The van der Waals surface area contributed by atoms with Gasteiger partial charge in [0.25, 0.3) is 0 Å². The summed E-state index contributed by atoms with van der Waals surface area (Å²) in [6.07, 6.45) is 2.59. The summed E-state index contributed by atoms with van der Waals surface area (Å²) in [7, 11) is 0.500. The number of carbonyl (C=O) groups is 1. The number of pyridine rings is 1. The minimum atomic E-state index is -1.54. The molecule has 112 valence electrons. The van der Waals surface area contributed by atoms with E-state index in [9.17, 15) is 22.4 Å². The van der Waals surface area contributed by atoms with Gasteiger partial charge in [-0.2, -0.15) is 4.39 Å². The fourth-order valence-electron chi connectivity index (χ4n) is 1.43. The molecule has 0 aliphatic rings. The lowest BCUT2D eigenvalue weighted by Gasteiger charge is -2.08. The van der Waals surface area contributed by atoms with Crippen LogP contribution in [0.1, 0.15) is 15.9 Å². The Labute approximate surface area is 118 Å². The number of benzene rings is 1. The third kappa shape index (κ3) is 3.77. The molecule has 2 rings (SSSR count). The Kier molecular flexibility index (Phi) is 5.83. The molecular weight excluding hydrogens is 289 g/mol. The highest BCUT2D eigenvalue weighted by atomic mass is 19.2. The highest BCUT2D eigenvalue weighted by Crippen LogP contribution is 2.27. The summed E-state index contributed by atoms with van der Waals surface area (Å²) < 4.78 is 54.2. The minimum absolute atomic E-state index is 0.00298. The van der Waals surface area contributed by atoms with Crippen LogP contribution in [0.3, 0.4) is 0 Å². The Bertz CT molecular complexity index is 606. The number of carbonyl (C=O) groups excluding carboxylic acids is 1. The topological polar surface area (TPSA) is 39.2 Å². The molecule has 0 saturated carbocycles. The summed E-state index contributed by atoms with van der Waals surface area (Å²) in [6, 6.07) is 3.50. The quantitative estimate of drug-likeness (QED) is 0.368. The Morgan fingerprint density at radius 1 is 1.19 bits per heavy atom. The van der Waals surface area contributed by atoms with E-state index in [1.54, 1.807) is 0 Å². The minimum Gasteiger partial charge on any atom is -0.416 e. The Morgan fingerprint density at radius 3 is 2.43 bits per heavy atom. The monoisotopic (exact) mass is 300 g/mol. The molecule has 0 aliphatic heterocycles. The zero-order valence-corrected chi connectivity index (χ0v) is 11.2. The number of aromatic nitrogens is 1. The maximum absolute atomic E-state index is 13.6. The summed E-state index contributed by atoms with van der Waals surface area (Å²) in [5.41, 5.74) is -0.156. The first-order chi connectivity index (χ1) is 10.0. The van der Waals surface area contributed by atoms with Gasteiger partial charge >= 0.3 is 5.97 Å². The van der Waals surface area contributed by atoms with Gasteiger partial charge in [0.15, 0.2) is 11.6 Å². The molecule has 21 heavy (non-hydrogen) atoms. The van der Waals surface area contributed by atoms with Gasteiger partial charge in [-0.05, 0) is 30.7 Å². The molecule has 0 spiro atoms. The Morgan fingerprint density at radius 2 is 1.86 bits per heavy atom. The van der Waals surface area contributed by atoms with Crippen molar-refractivity contribution >= 4 is 5.97 Å². The summed E-state index contributed by atoms with van der Waals surface area (Å²) in [5, 5.41) is 0. The average Bonchev–Trinajstić information content (AvgIpc) is 2.52. The molecule has 0 atom stereocenters. The molecule has 0 saturated heterocycles.